The number of alkyl carbamates (subject to hydrolysis) is 1. The number of aryl methyl sites for hydroxylation is 1. The van der Waals surface area contributed by atoms with E-state index in [1.165, 1.54) is 0 Å². The number of amides is 3. The number of rotatable bonds is 16. The molecule has 4 atom stereocenters. The molecular formula is C39H59N3O6S. The number of thioether (sulfide) groups is 1. The van der Waals surface area contributed by atoms with Crippen molar-refractivity contribution in [3.05, 3.63) is 71.3 Å². The predicted octanol–water partition coefficient (Wildman–Crippen LogP) is 7.41. The number of nitrogens with one attached hydrogen (secondary N) is 2. The molecule has 0 fully saturated rings. The normalized spacial score (nSPS) is 14.3. The highest BCUT2D eigenvalue weighted by atomic mass is 32.2. The summed E-state index contributed by atoms with van der Waals surface area (Å²) in [5.74, 6) is -0.516. The maximum Gasteiger partial charge on any atom is 0.408 e. The molecule has 0 aromatic heterocycles. The average Bonchev–Trinajstić information content (AvgIpc) is 2.99. The van der Waals surface area contributed by atoms with E-state index in [9.17, 15) is 19.2 Å². The number of hydrogen-bond donors (Lipinski definition) is 2. The first kappa shape index (κ1) is 41.6. The number of hydrogen-bond acceptors (Lipinski definition) is 7. The highest BCUT2D eigenvalue weighted by Crippen LogP contribution is 2.29. The van der Waals surface area contributed by atoms with Gasteiger partial charge in [-0.1, -0.05) is 74.0 Å². The number of nitrogens with zero attached hydrogens (tertiary/aromatic N) is 1. The zero-order chi connectivity index (χ0) is 36.9. The van der Waals surface area contributed by atoms with Gasteiger partial charge in [-0.2, -0.15) is 11.8 Å². The van der Waals surface area contributed by atoms with Crippen molar-refractivity contribution in [2.24, 2.45) is 5.92 Å². The van der Waals surface area contributed by atoms with Crippen LogP contribution in [0.1, 0.15) is 104 Å². The van der Waals surface area contributed by atoms with Crippen LogP contribution in [0.4, 0.5) is 4.79 Å². The molecule has 0 saturated heterocycles. The molecule has 0 saturated carbocycles. The third-order valence-electron chi connectivity index (χ3n) is 7.70. The van der Waals surface area contributed by atoms with Crippen LogP contribution in [0.3, 0.4) is 0 Å². The highest BCUT2D eigenvalue weighted by molar-refractivity contribution is 7.98. The van der Waals surface area contributed by atoms with Crippen LogP contribution in [-0.2, 0) is 30.3 Å². The van der Waals surface area contributed by atoms with E-state index in [4.69, 9.17) is 9.47 Å². The Morgan fingerprint density at radius 3 is 1.90 bits per heavy atom. The summed E-state index contributed by atoms with van der Waals surface area (Å²) in [6.45, 7) is 18.8. The van der Waals surface area contributed by atoms with Crippen LogP contribution in [0.5, 0.6) is 0 Å². The molecule has 49 heavy (non-hydrogen) atoms. The number of carbonyl (C=O) groups is 4. The van der Waals surface area contributed by atoms with Crippen molar-refractivity contribution in [2.75, 3.05) is 12.0 Å². The minimum Gasteiger partial charge on any atom is -0.458 e. The second kappa shape index (κ2) is 19.0. The monoisotopic (exact) mass is 697 g/mol. The molecule has 2 aromatic carbocycles. The van der Waals surface area contributed by atoms with E-state index in [-0.39, 0.29) is 6.42 Å². The van der Waals surface area contributed by atoms with Crippen molar-refractivity contribution in [2.45, 2.75) is 130 Å². The Hall–Kier alpha value is -3.53. The van der Waals surface area contributed by atoms with Gasteiger partial charge in [-0.15, -0.1) is 0 Å². The Bertz CT molecular complexity index is 1350. The van der Waals surface area contributed by atoms with E-state index in [2.05, 4.69) is 24.5 Å². The molecule has 0 radical (unpaired) electrons. The van der Waals surface area contributed by atoms with Crippen LogP contribution >= 0.6 is 11.8 Å². The second-order valence-electron chi connectivity index (χ2n) is 15.1. The molecular weight excluding hydrogens is 639 g/mol. The van der Waals surface area contributed by atoms with E-state index >= 15 is 0 Å². The summed E-state index contributed by atoms with van der Waals surface area (Å²) in [5, 5.41) is 5.80. The molecule has 0 aliphatic heterocycles. The molecule has 9 nitrogen and oxygen atoms in total. The molecule has 2 N–H and O–H groups in total. The van der Waals surface area contributed by atoms with Crippen LogP contribution in [0, 0.1) is 12.8 Å². The largest absolute Gasteiger partial charge is 0.458 e. The Morgan fingerprint density at radius 2 is 1.37 bits per heavy atom. The van der Waals surface area contributed by atoms with Gasteiger partial charge in [0.15, 0.2) is 0 Å². The fraction of sp³-hybridized carbons (Fsp3) is 0.590. The van der Waals surface area contributed by atoms with Gasteiger partial charge >= 0.3 is 12.1 Å². The number of benzene rings is 2. The average molecular weight is 698 g/mol. The molecule has 0 spiro atoms. The summed E-state index contributed by atoms with van der Waals surface area (Å²) in [5.41, 5.74) is 0.895. The fourth-order valence-electron chi connectivity index (χ4n) is 5.29. The second-order valence-corrected chi connectivity index (χ2v) is 16.1. The van der Waals surface area contributed by atoms with E-state index in [0.717, 1.165) is 17.5 Å². The van der Waals surface area contributed by atoms with Gasteiger partial charge in [0.25, 0.3) is 0 Å². The third kappa shape index (κ3) is 14.9. The first-order valence-electron chi connectivity index (χ1n) is 17.3. The summed E-state index contributed by atoms with van der Waals surface area (Å²) >= 11 is 1.56. The third-order valence-corrected chi connectivity index (χ3v) is 8.34. The summed E-state index contributed by atoms with van der Waals surface area (Å²) in [6, 6.07) is 13.4. The van der Waals surface area contributed by atoms with Gasteiger partial charge in [-0.05, 0) is 104 Å². The molecule has 3 amide bonds. The standard InChI is InChI=1S/C39H59N3O6S/c1-26(2)17-20-28(4)42(35(44)31(23-24-49-11)41-37(46)48-39(8,9)10)33(30-21-18-27(3)19-22-30)34(43)40-32(36(45)47-38(5,6)7)25-29-15-13-12-14-16-29/h12-16,18-19,21-22,26,28,31-33H,17,20,23-25H2,1-11H3,(H,40,43)(H,41,46). The molecule has 0 bridgehead atoms. The van der Waals surface area contributed by atoms with Gasteiger partial charge in [0.05, 0.1) is 0 Å². The fourth-order valence-corrected chi connectivity index (χ4v) is 5.76. The molecule has 0 heterocycles. The van der Waals surface area contributed by atoms with E-state index < -0.39 is 59.2 Å². The lowest BCUT2D eigenvalue weighted by molar-refractivity contribution is -0.159. The van der Waals surface area contributed by atoms with Crippen LogP contribution < -0.4 is 10.6 Å². The molecule has 2 rings (SSSR count). The minimum atomic E-state index is -1.10. The number of ether oxygens (including phenoxy) is 2. The van der Waals surface area contributed by atoms with E-state index in [1.54, 1.807) is 58.2 Å². The van der Waals surface area contributed by atoms with Gasteiger partial charge in [-0.25, -0.2) is 9.59 Å². The topological polar surface area (TPSA) is 114 Å². The zero-order valence-electron chi connectivity index (χ0n) is 31.4. The number of esters is 1. The van der Waals surface area contributed by atoms with Crippen LogP contribution in [0.2, 0.25) is 0 Å². The van der Waals surface area contributed by atoms with Crippen molar-refractivity contribution in [1.29, 1.82) is 0 Å². The van der Waals surface area contributed by atoms with Crippen LogP contribution in [0.15, 0.2) is 54.6 Å². The predicted molar refractivity (Wildman–Crippen MR) is 198 cm³/mol. The smallest absolute Gasteiger partial charge is 0.408 e. The molecule has 2 aromatic rings. The Kier molecular flexibility index (Phi) is 16.2. The summed E-state index contributed by atoms with van der Waals surface area (Å²) in [4.78, 5) is 57.7. The number of carbonyl (C=O) groups excluding carboxylic acids is 4. The lowest BCUT2D eigenvalue weighted by atomic mass is 9.96. The SMILES string of the molecule is CSCCC(NC(=O)OC(C)(C)C)C(=O)N(C(C)CCC(C)C)C(C(=O)NC(Cc1ccccc1)C(=O)OC(C)(C)C)c1ccc(C)cc1. The summed E-state index contributed by atoms with van der Waals surface area (Å²) in [6.07, 6.45) is 3.21. The zero-order valence-corrected chi connectivity index (χ0v) is 32.2. The van der Waals surface area contributed by atoms with Crippen LogP contribution in [-0.4, -0.2) is 70.1 Å². The maximum atomic E-state index is 14.8. The maximum absolute atomic E-state index is 14.8. The van der Waals surface area contributed by atoms with Crippen molar-refractivity contribution >= 4 is 35.6 Å². The van der Waals surface area contributed by atoms with Crippen LogP contribution in [0.25, 0.3) is 0 Å². The van der Waals surface area contributed by atoms with Crippen molar-refractivity contribution in [3.63, 3.8) is 0 Å². The summed E-state index contributed by atoms with van der Waals surface area (Å²) < 4.78 is 11.3. The first-order valence-corrected chi connectivity index (χ1v) is 18.6. The quantitative estimate of drug-likeness (QED) is 0.176. The Morgan fingerprint density at radius 1 is 0.776 bits per heavy atom. The minimum absolute atomic E-state index is 0.204. The van der Waals surface area contributed by atoms with Crippen molar-refractivity contribution in [3.8, 4) is 0 Å². The highest BCUT2D eigenvalue weighted by Gasteiger charge is 2.40. The molecule has 272 valence electrons. The Labute approximate surface area is 298 Å². The van der Waals surface area contributed by atoms with Crippen molar-refractivity contribution < 1.29 is 28.7 Å². The lowest BCUT2D eigenvalue weighted by Crippen LogP contribution is -2.57. The van der Waals surface area contributed by atoms with Gasteiger partial charge in [0, 0.05) is 12.5 Å². The molecule has 10 heteroatoms. The lowest BCUT2D eigenvalue weighted by Gasteiger charge is -2.39. The van der Waals surface area contributed by atoms with Crippen molar-refractivity contribution in [1.82, 2.24) is 15.5 Å². The van der Waals surface area contributed by atoms with Gasteiger partial charge in [-0.3, -0.25) is 9.59 Å². The molecule has 0 aliphatic rings. The first-order chi connectivity index (χ1) is 22.8. The van der Waals surface area contributed by atoms with E-state index in [1.807, 2.05) is 74.7 Å². The molecule has 0 aliphatic carbocycles. The van der Waals surface area contributed by atoms with E-state index in [0.29, 0.717) is 30.1 Å². The molecule has 4 unspecified atom stereocenters. The Balaban J connectivity index is 2.69. The summed E-state index contributed by atoms with van der Waals surface area (Å²) in [7, 11) is 0. The van der Waals surface area contributed by atoms with Gasteiger partial charge in [0.2, 0.25) is 11.8 Å². The van der Waals surface area contributed by atoms with Gasteiger partial charge < -0.3 is 25.0 Å². The van der Waals surface area contributed by atoms with Gasteiger partial charge in [0.1, 0.15) is 29.3 Å².